The van der Waals surface area contributed by atoms with Crippen LogP contribution in [0.15, 0.2) is 12.2 Å². The van der Waals surface area contributed by atoms with Gasteiger partial charge in [-0.05, 0) is 6.08 Å². The van der Waals surface area contributed by atoms with Gasteiger partial charge in [-0.2, -0.15) is 0 Å². The molecule has 7 heteroatoms. The molecular weight excluding hydrogens is 219 g/mol. The molecule has 0 atom stereocenters. The fraction of sp³-hybridized carbons (Fsp3) is 0.625. The molecule has 0 saturated carbocycles. The zero-order valence-electron chi connectivity index (χ0n) is 8.30. The van der Waals surface area contributed by atoms with Gasteiger partial charge in [0.2, 0.25) is 5.91 Å². The van der Waals surface area contributed by atoms with E-state index in [-0.39, 0.29) is 12.1 Å². The molecule has 1 aliphatic heterocycles. The highest BCUT2D eigenvalue weighted by molar-refractivity contribution is 7.51. The molecule has 0 aliphatic carbocycles. The summed E-state index contributed by atoms with van der Waals surface area (Å²) in [7, 11) is -4.03. The van der Waals surface area contributed by atoms with Crippen molar-refractivity contribution in [1.29, 1.82) is 0 Å². The van der Waals surface area contributed by atoms with E-state index in [1.54, 1.807) is 4.90 Å². The van der Waals surface area contributed by atoms with Crippen molar-refractivity contribution in [1.82, 2.24) is 10.2 Å². The van der Waals surface area contributed by atoms with Crippen LogP contribution in [0.2, 0.25) is 0 Å². The zero-order chi connectivity index (χ0) is 11.3. The third-order valence-corrected chi connectivity index (χ3v) is 2.72. The van der Waals surface area contributed by atoms with E-state index in [0.29, 0.717) is 13.1 Å². The van der Waals surface area contributed by atoms with Crippen LogP contribution in [0.4, 0.5) is 0 Å². The summed E-state index contributed by atoms with van der Waals surface area (Å²) in [6.07, 6.45) is 2.07. The molecule has 0 aromatic heterocycles. The Labute approximate surface area is 88.1 Å². The molecule has 6 nitrogen and oxygen atoms in total. The number of hydrogen-bond donors (Lipinski definition) is 3. The van der Waals surface area contributed by atoms with Crippen LogP contribution in [-0.2, 0) is 9.36 Å². The molecule has 0 spiro atoms. The maximum absolute atomic E-state index is 11.4. The lowest BCUT2D eigenvalue weighted by Crippen LogP contribution is -2.45. The van der Waals surface area contributed by atoms with Gasteiger partial charge in [0.1, 0.15) is 0 Å². The molecule has 0 aromatic rings. The minimum Gasteiger partial charge on any atom is -0.337 e. The number of hydrogen-bond acceptors (Lipinski definition) is 3. The molecule has 1 saturated heterocycles. The lowest BCUT2D eigenvalue weighted by molar-refractivity contribution is -0.126. The lowest BCUT2D eigenvalue weighted by Gasteiger charge is -2.26. The Morgan fingerprint density at radius 3 is 2.53 bits per heavy atom. The van der Waals surface area contributed by atoms with E-state index in [0.717, 1.165) is 13.1 Å². The third-order valence-electron chi connectivity index (χ3n) is 2.03. The summed E-state index contributed by atoms with van der Waals surface area (Å²) in [6.45, 7) is 2.80. The van der Waals surface area contributed by atoms with Gasteiger partial charge in [-0.25, -0.2) is 0 Å². The summed E-state index contributed by atoms with van der Waals surface area (Å²) in [6, 6.07) is 0. The Morgan fingerprint density at radius 1 is 1.40 bits per heavy atom. The van der Waals surface area contributed by atoms with E-state index < -0.39 is 7.60 Å². The second-order valence-corrected chi connectivity index (χ2v) is 5.02. The summed E-state index contributed by atoms with van der Waals surface area (Å²) in [4.78, 5) is 30.2. The van der Waals surface area contributed by atoms with E-state index >= 15 is 0 Å². The SMILES string of the molecule is O=C(C=CCP(=O)(O)O)N1CCNCC1. The van der Waals surface area contributed by atoms with E-state index in [1.807, 2.05) is 0 Å². The van der Waals surface area contributed by atoms with Gasteiger partial charge in [0, 0.05) is 26.2 Å². The molecule has 0 bridgehead atoms. The van der Waals surface area contributed by atoms with Gasteiger partial charge >= 0.3 is 7.60 Å². The van der Waals surface area contributed by atoms with Gasteiger partial charge in [0.05, 0.1) is 6.16 Å². The van der Waals surface area contributed by atoms with Crippen LogP contribution in [0.3, 0.4) is 0 Å². The first kappa shape index (κ1) is 12.4. The van der Waals surface area contributed by atoms with Gasteiger partial charge in [0.25, 0.3) is 0 Å². The molecule has 0 unspecified atom stereocenters. The van der Waals surface area contributed by atoms with Crippen LogP contribution < -0.4 is 5.32 Å². The van der Waals surface area contributed by atoms with Crippen molar-refractivity contribution in [3.63, 3.8) is 0 Å². The fourth-order valence-electron chi connectivity index (χ4n) is 1.28. The van der Waals surface area contributed by atoms with Crippen molar-refractivity contribution >= 4 is 13.5 Å². The van der Waals surface area contributed by atoms with Crippen molar-refractivity contribution in [2.75, 3.05) is 32.3 Å². The minimum atomic E-state index is -4.03. The van der Waals surface area contributed by atoms with Crippen LogP contribution in [0.5, 0.6) is 0 Å². The summed E-state index contributed by atoms with van der Waals surface area (Å²) >= 11 is 0. The van der Waals surface area contributed by atoms with Crippen LogP contribution >= 0.6 is 7.60 Å². The number of rotatable bonds is 3. The van der Waals surface area contributed by atoms with Crippen LogP contribution in [0.1, 0.15) is 0 Å². The fourth-order valence-corrected chi connectivity index (χ4v) is 1.66. The molecule has 1 amide bonds. The van der Waals surface area contributed by atoms with E-state index in [9.17, 15) is 9.36 Å². The highest BCUT2D eigenvalue weighted by atomic mass is 31.2. The maximum Gasteiger partial charge on any atom is 0.329 e. The lowest BCUT2D eigenvalue weighted by atomic mass is 10.3. The average Bonchev–Trinajstić information content (AvgIpc) is 2.17. The number of carbonyl (C=O) groups excluding carboxylic acids is 1. The molecule has 86 valence electrons. The standard InChI is InChI=1S/C8H15N2O4P/c11-8(2-1-7-15(12,13)14)10-5-3-9-4-6-10/h1-2,9H,3-7H2,(H2,12,13,14). The largest absolute Gasteiger partial charge is 0.337 e. The third kappa shape index (κ3) is 5.09. The highest BCUT2D eigenvalue weighted by Crippen LogP contribution is 2.33. The molecule has 1 heterocycles. The molecule has 3 N–H and O–H groups in total. The number of amides is 1. The van der Waals surface area contributed by atoms with Crippen molar-refractivity contribution in [2.24, 2.45) is 0 Å². The normalized spacial score (nSPS) is 18.4. The number of nitrogens with zero attached hydrogens (tertiary/aromatic N) is 1. The summed E-state index contributed by atoms with van der Waals surface area (Å²) in [5, 5.41) is 3.11. The number of carbonyl (C=O) groups is 1. The number of piperazine rings is 1. The Balaban J connectivity index is 2.37. The first-order valence-corrected chi connectivity index (χ1v) is 6.49. The molecule has 0 aromatic carbocycles. The van der Waals surface area contributed by atoms with Gasteiger partial charge in [-0.1, -0.05) is 6.08 Å². The van der Waals surface area contributed by atoms with Crippen LogP contribution in [0, 0.1) is 0 Å². The summed E-state index contributed by atoms with van der Waals surface area (Å²) < 4.78 is 10.5. The van der Waals surface area contributed by atoms with E-state index in [2.05, 4.69) is 5.32 Å². The molecule has 1 rings (SSSR count). The molecule has 15 heavy (non-hydrogen) atoms. The molecule has 1 fully saturated rings. The number of allylic oxidation sites excluding steroid dienone is 1. The van der Waals surface area contributed by atoms with Crippen molar-refractivity contribution in [2.45, 2.75) is 0 Å². The smallest absolute Gasteiger partial charge is 0.329 e. The van der Waals surface area contributed by atoms with E-state index in [1.165, 1.54) is 12.2 Å². The quantitative estimate of drug-likeness (QED) is 0.437. The number of nitrogens with one attached hydrogen (secondary N) is 1. The zero-order valence-corrected chi connectivity index (χ0v) is 9.19. The van der Waals surface area contributed by atoms with Crippen molar-refractivity contribution in [3.8, 4) is 0 Å². The van der Waals surface area contributed by atoms with Crippen molar-refractivity contribution < 1.29 is 19.1 Å². The Kier molecular flexibility index (Phi) is 4.47. The predicted molar refractivity (Wildman–Crippen MR) is 55.5 cm³/mol. The van der Waals surface area contributed by atoms with Crippen molar-refractivity contribution in [3.05, 3.63) is 12.2 Å². The van der Waals surface area contributed by atoms with Gasteiger partial charge in [-0.15, -0.1) is 0 Å². The Hall–Kier alpha value is -0.680. The molecule has 0 radical (unpaired) electrons. The first-order chi connectivity index (χ1) is 6.99. The van der Waals surface area contributed by atoms with Gasteiger partial charge in [0.15, 0.2) is 0 Å². The molecular formula is C8H15N2O4P. The Morgan fingerprint density at radius 2 is 2.00 bits per heavy atom. The van der Waals surface area contributed by atoms with Crippen LogP contribution in [0.25, 0.3) is 0 Å². The maximum atomic E-state index is 11.4. The summed E-state index contributed by atoms with van der Waals surface area (Å²) in [5.41, 5.74) is 0. The van der Waals surface area contributed by atoms with Gasteiger partial charge < -0.3 is 20.0 Å². The first-order valence-electron chi connectivity index (χ1n) is 4.70. The highest BCUT2D eigenvalue weighted by Gasteiger charge is 2.14. The van der Waals surface area contributed by atoms with Gasteiger partial charge in [-0.3, -0.25) is 9.36 Å². The van der Waals surface area contributed by atoms with E-state index in [4.69, 9.17) is 9.79 Å². The predicted octanol–water partition coefficient (Wildman–Crippen LogP) is -0.848. The topological polar surface area (TPSA) is 89.9 Å². The summed E-state index contributed by atoms with van der Waals surface area (Å²) in [5.74, 6) is -0.190. The second-order valence-electron chi connectivity index (χ2n) is 3.32. The van der Waals surface area contributed by atoms with Crippen LogP contribution in [-0.4, -0.2) is 52.9 Å². The average molecular weight is 234 g/mol. The monoisotopic (exact) mass is 234 g/mol. The second kappa shape index (κ2) is 5.42. The molecule has 1 aliphatic rings. The minimum absolute atomic E-state index is 0.190. The Bertz CT molecular complexity index is 293.